The van der Waals surface area contributed by atoms with Gasteiger partial charge in [-0.3, -0.25) is 0 Å². The molecule has 0 saturated carbocycles. The van der Waals surface area contributed by atoms with E-state index >= 15 is 0 Å². The maximum Gasteiger partial charge on any atom is 0.144 e. The average molecular weight is 226 g/mol. The van der Waals surface area contributed by atoms with Gasteiger partial charge in [-0.2, -0.15) is 5.53 Å². The highest BCUT2D eigenvalue weighted by Crippen LogP contribution is 2.21. The van der Waals surface area contributed by atoms with E-state index in [0.717, 1.165) is 11.1 Å². The molecule has 0 radical (unpaired) electrons. The van der Waals surface area contributed by atoms with Crippen LogP contribution in [0.5, 0.6) is 0 Å². The Balaban J connectivity index is 2.26. The minimum Gasteiger partial charge on any atom is -0.375 e. The average Bonchev–Trinajstić information content (AvgIpc) is 2.37. The fraction of sp³-hybridized carbons (Fsp3) is 0.143. The second kappa shape index (κ2) is 5.25. The highest BCUT2D eigenvalue weighted by atomic mass is 16.6. The number of rotatable bonds is 4. The molecule has 0 fully saturated rings. The fourth-order valence-electron chi connectivity index (χ4n) is 1.69. The third-order valence-electron chi connectivity index (χ3n) is 2.61. The molecule has 0 aromatic heterocycles. The van der Waals surface area contributed by atoms with Gasteiger partial charge in [0.15, 0.2) is 0 Å². The Bertz CT molecular complexity index is 506. The number of nitrogens with zero attached hydrogens (tertiary/aromatic N) is 1. The predicted octanol–water partition coefficient (Wildman–Crippen LogP) is 4.12. The lowest BCUT2D eigenvalue weighted by atomic mass is 10.0. The fourth-order valence-corrected chi connectivity index (χ4v) is 1.69. The molecule has 0 bridgehead atoms. The summed E-state index contributed by atoms with van der Waals surface area (Å²) < 4.78 is 0. The second-order valence-corrected chi connectivity index (χ2v) is 3.93. The van der Waals surface area contributed by atoms with Crippen molar-refractivity contribution < 1.29 is 4.84 Å². The van der Waals surface area contributed by atoms with Crippen LogP contribution < -0.4 is 0 Å². The Labute approximate surface area is 101 Å². The van der Waals surface area contributed by atoms with Crippen LogP contribution in [0.3, 0.4) is 0 Å². The van der Waals surface area contributed by atoms with E-state index in [1.165, 1.54) is 11.1 Å². The first-order valence-corrected chi connectivity index (χ1v) is 5.44. The van der Waals surface area contributed by atoms with Crippen molar-refractivity contribution in [3.8, 4) is 11.1 Å². The zero-order valence-electron chi connectivity index (χ0n) is 9.68. The van der Waals surface area contributed by atoms with Crippen LogP contribution in [0.1, 0.15) is 11.1 Å². The summed E-state index contributed by atoms with van der Waals surface area (Å²) in [6.45, 7) is 2.41. The van der Waals surface area contributed by atoms with E-state index in [0.29, 0.717) is 6.61 Å². The van der Waals surface area contributed by atoms with Crippen LogP contribution in [0.2, 0.25) is 0 Å². The van der Waals surface area contributed by atoms with Crippen molar-refractivity contribution in [2.45, 2.75) is 13.5 Å². The second-order valence-electron chi connectivity index (χ2n) is 3.93. The molecule has 3 heteroatoms. The Kier molecular flexibility index (Phi) is 3.50. The summed E-state index contributed by atoms with van der Waals surface area (Å²) in [6, 6.07) is 16.5. The largest absolute Gasteiger partial charge is 0.375 e. The highest BCUT2D eigenvalue weighted by molar-refractivity contribution is 5.64. The van der Waals surface area contributed by atoms with Gasteiger partial charge in [0.2, 0.25) is 0 Å². The van der Waals surface area contributed by atoms with Gasteiger partial charge in [-0.25, -0.2) is 0 Å². The molecule has 0 amide bonds. The van der Waals surface area contributed by atoms with E-state index < -0.39 is 0 Å². The van der Waals surface area contributed by atoms with Crippen molar-refractivity contribution in [3.05, 3.63) is 59.7 Å². The standard InChI is InChI=1S/C14H14N2O/c1-11-5-7-13(8-6-11)14-4-2-3-12(9-14)10-17-16-15/h2-9,15H,10H2,1H3. The van der Waals surface area contributed by atoms with E-state index in [1.807, 2.05) is 12.1 Å². The van der Waals surface area contributed by atoms with Crippen molar-refractivity contribution in [3.63, 3.8) is 0 Å². The topological polar surface area (TPSA) is 45.4 Å². The van der Waals surface area contributed by atoms with Crippen LogP contribution in [0.15, 0.2) is 53.8 Å². The van der Waals surface area contributed by atoms with E-state index in [4.69, 9.17) is 10.4 Å². The van der Waals surface area contributed by atoms with E-state index in [-0.39, 0.29) is 0 Å². The molecule has 2 rings (SSSR count). The van der Waals surface area contributed by atoms with Crippen LogP contribution in [-0.4, -0.2) is 0 Å². The van der Waals surface area contributed by atoms with Gasteiger partial charge in [0.25, 0.3) is 0 Å². The van der Waals surface area contributed by atoms with Crippen LogP contribution in [0.25, 0.3) is 11.1 Å². The molecule has 0 aliphatic carbocycles. The molecule has 1 N–H and O–H groups in total. The van der Waals surface area contributed by atoms with Crippen molar-refractivity contribution >= 4 is 0 Å². The number of hydrogen-bond acceptors (Lipinski definition) is 3. The first-order valence-electron chi connectivity index (χ1n) is 5.44. The third-order valence-corrected chi connectivity index (χ3v) is 2.61. The Morgan fingerprint density at radius 2 is 1.82 bits per heavy atom. The zero-order chi connectivity index (χ0) is 12.1. The summed E-state index contributed by atoms with van der Waals surface area (Å²) >= 11 is 0. The maximum absolute atomic E-state index is 6.60. The molecule has 2 aromatic rings. The monoisotopic (exact) mass is 226 g/mol. The van der Waals surface area contributed by atoms with Gasteiger partial charge >= 0.3 is 0 Å². The smallest absolute Gasteiger partial charge is 0.144 e. The van der Waals surface area contributed by atoms with Crippen LogP contribution in [-0.2, 0) is 11.4 Å². The highest BCUT2D eigenvalue weighted by Gasteiger charge is 1.99. The molecule has 0 atom stereocenters. The van der Waals surface area contributed by atoms with Crippen molar-refractivity contribution in [2.24, 2.45) is 5.28 Å². The Morgan fingerprint density at radius 1 is 1.06 bits per heavy atom. The third kappa shape index (κ3) is 2.91. The molecule has 0 saturated heterocycles. The summed E-state index contributed by atoms with van der Waals surface area (Å²) in [5.41, 5.74) is 11.2. The van der Waals surface area contributed by atoms with Crippen LogP contribution in [0.4, 0.5) is 0 Å². The molecule has 3 nitrogen and oxygen atoms in total. The van der Waals surface area contributed by atoms with Crippen molar-refractivity contribution in [1.82, 2.24) is 0 Å². The Hall–Kier alpha value is -2.16. The summed E-state index contributed by atoms with van der Waals surface area (Å²) in [4.78, 5) is 4.72. The maximum atomic E-state index is 6.60. The van der Waals surface area contributed by atoms with Crippen LogP contribution in [0, 0.1) is 12.5 Å². The minimum atomic E-state index is 0.337. The molecular weight excluding hydrogens is 212 g/mol. The first-order chi connectivity index (χ1) is 8.29. The van der Waals surface area contributed by atoms with Gasteiger partial charge in [-0.15, -0.1) is 0 Å². The minimum absolute atomic E-state index is 0.337. The van der Waals surface area contributed by atoms with E-state index in [2.05, 4.69) is 48.6 Å². The zero-order valence-corrected chi connectivity index (χ0v) is 9.68. The van der Waals surface area contributed by atoms with Gasteiger partial charge in [-0.1, -0.05) is 48.0 Å². The predicted molar refractivity (Wildman–Crippen MR) is 66.6 cm³/mol. The molecule has 2 aromatic carbocycles. The summed E-state index contributed by atoms with van der Waals surface area (Å²) in [7, 11) is 0. The van der Waals surface area contributed by atoms with Crippen molar-refractivity contribution in [1.29, 1.82) is 5.53 Å². The summed E-state index contributed by atoms with van der Waals surface area (Å²) in [5.74, 6) is 0. The lowest BCUT2D eigenvalue weighted by molar-refractivity contribution is 0.103. The molecule has 17 heavy (non-hydrogen) atoms. The number of benzene rings is 2. The normalized spacial score (nSPS) is 9.94. The molecule has 0 aliphatic rings. The van der Waals surface area contributed by atoms with Gasteiger partial charge in [-0.05, 0) is 29.7 Å². The molecular formula is C14H14N2O. The quantitative estimate of drug-likeness (QED) is 0.618. The molecule has 0 spiro atoms. The van der Waals surface area contributed by atoms with Gasteiger partial charge in [0.05, 0.1) is 0 Å². The van der Waals surface area contributed by atoms with Gasteiger partial charge in [0.1, 0.15) is 6.61 Å². The van der Waals surface area contributed by atoms with Crippen molar-refractivity contribution in [2.75, 3.05) is 0 Å². The van der Waals surface area contributed by atoms with Gasteiger partial charge in [0, 0.05) is 5.28 Å². The Morgan fingerprint density at radius 3 is 2.53 bits per heavy atom. The number of nitrogens with one attached hydrogen (secondary N) is 1. The molecule has 0 unspecified atom stereocenters. The molecule has 86 valence electrons. The number of aryl methyl sites for hydroxylation is 1. The number of hydrogen-bond donors (Lipinski definition) is 1. The lowest BCUT2D eigenvalue weighted by Crippen LogP contribution is -1.87. The molecule has 0 heterocycles. The van der Waals surface area contributed by atoms with Crippen LogP contribution >= 0.6 is 0 Å². The summed E-state index contributed by atoms with van der Waals surface area (Å²) in [6.07, 6.45) is 0. The van der Waals surface area contributed by atoms with E-state index in [9.17, 15) is 0 Å². The molecule has 0 aliphatic heterocycles. The lowest BCUT2D eigenvalue weighted by Gasteiger charge is -2.05. The van der Waals surface area contributed by atoms with E-state index in [1.54, 1.807) is 0 Å². The SMILES string of the molecule is Cc1ccc(-c2cccc(CON=N)c2)cc1. The summed E-state index contributed by atoms with van der Waals surface area (Å²) in [5, 5.41) is 2.89. The first kappa shape index (κ1) is 11.3. The van der Waals surface area contributed by atoms with Gasteiger partial charge < -0.3 is 4.84 Å².